The molecule has 0 saturated carbocycles. The van der Waals surface area contributed by atoms with Crippen LogP contribution in [0, 0.1) is 5.92 Å². The molecule has 1 aliphatic heterocycles. The van der Waals surface area contributed by atoms with Crippen LogP contribution in [0.25, 0.3) is 0 Å². The normalized spacial score (nSPS) is 16.3. The van der Waals surface area contributed by atoms with Gasteiger partial charge >= 0.3 is 0 Å². The lowest BCUT2D eigenvalue weighted by atomic mass is 9.88. The monoisotopic (exact) mass is 326 g/mol. The SMILES string of the molecule is CC(C)C(C(=O)Nc1ccc(C2NNNN2)cc1)c1cccnc1. The maximum Gasteiger partial charge on any atom is 0.232 e. The fraction of sp³-hybridized carbons (Fsp3) is 0.294. The lowest BCUT2D eigenvalue weighted by Crippen LogP contribution is -2.33. The van der Waals surface area contributed by atoms with E-state index < -0.39 is 0 Å². The van der Waals surface area contributed by atoms with Gasteiger partial charge in [0.25, 0.3) is 0 Å². The van der Waals surface area contributed by atoms with Crippen LogP contribution in [0.1, 0.15) is 37.1 Å². The van der Waals surface area contributed by atoms with E-state index in [4.69, 9.17) is 0 Å². The fourth-order valence-corrected chi connectivity index (χ4v) is 2.80. The number of rotatable bonds is 5. The molecule has 2 heterocycles. The van der Waals surface area contributed by atoms with Crippen molar-refractivity contribution in [2.24, 2.45) is 5.92 Å². The molecule has 1 amide bonds. The number of anilines is 1. The third-order valence-electron chi connectivity index (χ3n) is 4.00. The van der Waals surface area contributed by atoms with Crippen molar-refractivity contribution in [1.29, 1.82) is 0 Å². The van der Waals surface area contributed by atoms with E-state index in [1.807, 2.05) is 50.2 Å². The molecule has 0 radical (unpaired) electrons. The number of aromatic nitrogens is 1. The molecule has 1 saturated heterocycles. The number of pyridine rings is 1. The van der Waals surface area contributed by atoms with Crippen molar-refractivity contribution in [2.45, 2.75) is 25.9 Å². The van der Waals surface area contributed by atoms with E-state index in [-0.39, 0.29) is 23.9 Å². The van der Waals surface area contributed by atoms with Crippen LogP contribution in [-0.4, -0.2) is 10.9 Å². The number of benzene rings is 1. The van der Waals surface area contributed by atoms with Crippen LogP contribution in [0.5, 0.6) is 0 Å². The summed E-state index contributed by atoms with van der Waals surface area (Å²) >= 11 is 0. The van der Waals surface area contributed by atoms with Crippen molar-refractivity contribution < 1.29 is 4.79 Å². The molecule has 5 N–H and O–H groups in total. The Balaban J connectivity index is 1.70. The van der Waals surface area contributed by atoms with E-state index in [1.54, 1.807) is 12.4 Å². The van der Waals surface area contributed by atoms with Crippen molar-refractivity contribution in [2.75, 3.05) is 5.32 Å². The lowest BCUT2D eigenvalue weighted by molar-refractivity contribution is -0.118. The molecular formula is C17H22N6O. The minimum atomic E-state index is -0.232. The van der Waals surface area contributed by atoms with Gasteiger partial charge in [0.1, 0.15) is 6.17 Å². The Bertz CT molecular complexity index is 667. The average Bonchev–Trinajstić information content (AvgIpc) is 3.11. The predicted octanol–water partition coefficient (Wildman–Crippen LogP) is 1.58. The predicted molar refractivity (Wildman–Crippen MR) is 92.2 cm³/mol. The van der Waals surface area contributed by atoms with Crippen LogP contribution in [0.3, 0.4) is 0 Å². The van der Waals surface area contributed by atoms with E-state index in [9.17, 15) is 4.79 Å². The quantitative estimate of drug-likeness (QED) is 0.573. The van der Waals surface area contributed by atoms with Gasteiger partial charge in [-0.1, -0.05) is 32.0 Å². The number of hydrazine groups is 3. The molecule has 24 heavy (non-hydrogen) atoms. The summed E-state index contributed by atoms with van der Waals surface area (Å²) < 4.78 is 0. The molecular weight excluding hydrogens is 304 g/mol. The van der Waals surface area contributed by atoms with Gasteiger partial charge in [-0.15, -0.1) is 0 Å². The summed E-state index contributed by atoms with van der Waals surface area (Å²) in [6.07, 6.45) is 3.45. The molecule has 0 spiro atoms. The highest BCUT2D eigenvalue weighted by molar-refractivity contribution is 5.96. The molecule has 1 aliphatic rings. The molecule has 1 fully saturated rings. The average molecular weight is 326 g/mol. The molecule has 1 unspecified atom stereocenters. The summed E-state index contributed by atoms with van der Waals surface area (Å²) in [5.74, 6) is -0.0753. The molecule has 1 aromatic carbocycles. The maximum atomic E-state index is 12.7. The van der Waals surface area contributed by atoms with Gasteiger partial charge in [-0.3, -0.25) is 9.78 Å². The van der Waals surface area contributed by atoms with Crippen LogP contribution >= 0.6 is 0 Å². The second-order valence-electron chi connectivity index (χ2n) is 6.09. The van der Waals surface area contributed by atoms with E-state index in [1.165, 1.54) is 0 Å². The number of hydrogen-bond donors (Lipinski definition) is 5. The lowest BCUT2D eigenvalue weighted by Gasteiger charge is -2.20. The summed E-state index contributed by atoms with van der Waals surface area (Å²) in [4.78, 5) is 16.8. The third-order valence-corrected chi connectivity index (χ3v) is 4.00. The summed E-state index contributed by atoms with van der Waals surface area (Å²) in [5, 5.41) is 3.00. The Labute approximate surface area is 141 Å². The standard InChI is InChI=1S/C17H22N6O/c1-11(2)15(13-4-3-9-18-10-13)17(24)19-14-7-5-12(6-8-14)16-20-22-23-21-16/h3-11,15-16,20-23H,1-2H3,(H,19,24). The first-order chi connectivity index (χ1) is 11.6. The minimum Gasteiger partial charge on any atom is -0.326 e. The Morgan fingerprint density at radius 3 is 2.42 bits per heavy atom. The number of amides is 1. The van der Waals surface area contributed by atoms with Gasteiger partial charge in [0, 0.05) is 18.1 Å². The van der Waals surface area contributed by atoms with Gasteiger partial charge in [0.2, 0.25) is 5.91 Å². The molecule has 7 heteroatoms. The van der Waals surface area contributed by atoms with Crippen LogP contribution in [0.4, 0.5) is 5.69 Å². The topological polar surface area (TPSA) is 90.1 Å². The second kappa shape index (κ2) is 7.50. The van der Waals surface area contributed by atoms with E-state index in [0.717, 1.165) is 16.8 Å². The molecule has 2 aromatic rings. The van der Waals surface area contributed by atoms with Gasteiger partial charge in [0.15, 0.2) is 0 Å². The van der Waals surface area contributed by atoms with Gasteiger partial charge in [-0.05, 0) is 35.2 Å². The highest BCUT2D eigenvalue weighted by Gasteiger charge is 2.24. The van der Waals surface area contributed by atoms with Crippen LogP contribution in [0.2, 0.25) is 0 Å². The van der Waals surface area contributed by atoms with Crippen molar-refractivity contribution in [1.82, 2.24) is 26.9 Å². The van der Waals surface area contributed by atoms with Gasteiger partial charge in [0.05, 0.1) is 5.92 Å². The second-order valence-corrected chi connectivity index (χ2v) is 6.09. The van der Waals surface area contributed by atoms with Crippen LogP contribution < -0.4 is 27.2 Å². The zero-order valence-corrected chi connectivity index (χ0v) is 13.7. The van der Waals surface area contributed by atoms with Gasteiger partial charge in [-0.2, -0.15) is 11.1 Å². The molecule has 7 nitrogen and oxygen atoms in total. The first-order valence-electron chi connectivity index (χ1n) is 7.97. The fourth-order valence-electron chi connectivity index (χ4n) is 2.80. The molecule has 3 rings (SSSR count). The maximum absolute atomic E-state index is 12.7. The Hall–Kier alpha value is -2.32. The zero-order valence-electron chi connectivity index (χ0n) is 13.7. The summed E-state index contributed by atoms with van der Waals surface area (Å²) in [7, 11) is 0. The van der Waals surface area contributed by atoms with Crippen molar-refractivity contribution in [3.8, 4) is 0 Å². The van der Waals surface area contributed by atoms with E-state index >= 15 is 0 Å². The summed E-state index contributed by atoms with van der Waals surface area (Å²) in [5.41, 5.74) is 14.4. The highest BCUT2D eigenvalue weighted by Crippen LogP contribution is 2.26. The first kappa shape index (κ1) is 16.5. The number of nitrogens with one attached hydrogen (secondary N) is 5. The van der Waals surface area contributed by atoms with Gasteiger partial charge in [-0.25, -0.2) is 10.9 Å². The van der Waals surface area contributed by atoms with E-state index in [2.05, 4.69) is 32.2 Å². The zero-order chi connectivity index (χ0) is 16.9. The van der Waals surface area contributed by atoms with Crippen molar-refractivity contribution >= 4 is 11.6 Å². The number of hydrogen-bond acceptors (Lipinski definition) is 6. The Morgan fingerprint density at radius 2 is 1.83 bits per heavy atom. The molecule has 1 aromatic heterocycles. The molecule has 0 aliphatic carbocycles. The van der Waals surface area contributed by atoms with Crippen LogP contribution in [0.15, 0.2) is 48.8 Å². The number of nitrogens with zero attached hydrogens (tertiary/aromatic N) is 1. The van der Waals surface area contributed by atoms with Gasteiger partial charge < -0.3 is 5.32 Å². The largest absolute Gasteiger partial charge is 0.326 e. The molecule has 126 valence electrons. The van der Waals surface area contributed by atoms with Crippen molar-refractivity contribution in [3.05, 3.63) is 59.9 Å². The van der Waals surface area contributed by atoms with Crippen molar-refractivity contribution in [3.63, 3.8) is 0 Å². The smallest absolute Gasteiger partial charge is 0.232 e. The third kappa shape index (κ3) is 3.77. The Kier molecular flexibility index (Phi) is 5.17. The summed E-state index contributed by atoms with van der Waals surface area (Å²) in [6.45, 7) is 4.08. The molecule has 0 bridgehead atoms. The summed E-state index contributed by atoms with van der Waals surface area (Å²) in [6, 6.07) is 11.5. The van der Waals surface area contributed by atoms with Crippen LogP contribution in [-0.2, 0) is 4.79 Å². The van der Waals surface area contributed by atoms with E-state index in [0.29, 0.717) is 0 Å². The minimum absolute atomic E-state index is 0.0199. The Morgan fingerprint density at radius 1 is 1.12 bits per heavy atom. The highest BCUT2D eigenvalue weighted by atomic mass is 16.1. The molecule has 1 atom stereocenters. The number of carbonyl (C=O) groups is 1. The first-order valence-corrected chi connectivity index (χ1v) is 7.97. The number of carbonyl (C=O) groups excluding carboxylic acids is 1.